The molecule has 9 heteroatoms. The number of rotatable bonds is 7. The molecule has 4 rings (SSSR count). The predicted molar refractivity (Wildman–Crippen MR) is 129 cm³/mol. The molecule has 33 heavy (non-hydrogen) atoms. The molecule has 0 spiro atoms. The summed E-state index contributed by atoms with van der Waals surface area (Å²) in [5, 5.41) is 5.06. The first-order valence-corrected chi connectivity index (χ1v) is 11.1. The Morgan fingerprint density at radius 1 is 1.09 bits per heavy atom. The number of carbonyl (C=O) groups is 1. The van der Waals surface area contributed by atoms with Crippen LogP contribution in [0.25, 0.3) is 16.6 Å². The number of hydrazone groups is 1. The highest BCUT2D eigenvalue weighted by Crippen LogP contribution is 2.22. The van der Waals surface area contributed by atoms with Gasteiger partial charge in [-0.1, -0.05) is 23.9 Å². The molecule has 4 aromatic rings. The largest absolute Gasteiger partial charge is 0.497 e. The molecular weight excluding hydrogens is 438 g/mol. The number of carbonyl (C=O) groups excluding carboxylic acids is 1. The van der Waals surface area contributed by atoms with Gasteiger partial charge in [0.2, 0.25) is 0 Å². The lowest BCUT2D eigenvalue weighted by molar-refractivity contribution is -0.118. The second-order valence-electron chi connectivity index (χ2n) is 7.01. The van der Waals surface area contributed by atoms with E-state index in [1.165, 1.54) is 16.3 Å². The number of nitrogens with zero attached hydrogens (tertiary/aromatic N) is 4. The molecule has 0 atom stereocenters. The quantitative estimate of drug-likeness (QED) is 0.197. The van der Waals surface area contributed by atoms with Crippen molar-refractivity contribution in [1.82, 2.24) is 20.0 Å². The number of amides is 1. The molecule has 0 aliphatic rings. The molecule has 0 saturated heterocycles. The lowest BCUT2D eigenvalue weighted by Gasteiger charge is -2.13. The fraction of sp³-hybridized carbons (Fsp3) is 0.125. The number of aromatic nitrogens is 3. The number of hydrogen-bond acceptors (Lipinski definition) is 7. The van der Waals surface area contributed by atoms with Gasteiger partial charge in [0.15, 0.2) is 5.16 Å². The summed E-state index contributed by atoms with van der Waals surface area (Å²) < 4.78 is 6.72. The number of hydrogen-bond donors (Lipinski definition) is 1. The smallest absolute Gasteiger partial charge is 0.266 e. The standard InChI is InChI=1S/C24H21N5O3S/c1-16(17-11-13-25-14-12-17)27-28-22(30)15-33-24-26-21-6-4-3-5-20(21)23(31)29(24)18-7-9-19(32-2)10-8-18/h3-14H,15H2,1-2H3,(H,28,30). The molecule has 2 aromatic heterocycles. The summed E-state index contributed by atoms with van der Waals surface area (Å²) in [7, 11) is 1.58. The number of benzene rings is 2. The average Bonchev–Trinajstić information content (AvgIpc) is 2.87. The zero-order valence-electron chi connectivity index (χ0n) is 18.1. The van der Waals surface area contributed by atoms with E-state index in [9.17, 15) is 9.59 Å². The van der Waals surface area contributed by atoms with Crippen molar-refractivity contribution in [2.45, 2.75) is 12.1 Å². The van der Waals surface area contributed by atoms with Crippen LogP contribution in [-0.4, -0.2) is 39.0 Å². The van der Waals surface area contributed by atoms with E-state index in [0.717, 1.165) is 5.56 Å². The van der Waals surface area contributed by atoms with Gasteiger partial charge in [-0.05, 0) is 55.5 Å². The lowest BCUT2D eigenvalue weighted by Crippen LogP contribution is -2.24. The Morgan fingerprint density at radius 2 is 1.82 bits per heavy atom. The summed E-state index contributed by atoms with van der Waals surface area (Å²) in [4.78, 5) is 34.3. The minimum absolute atomic E-state index is 0.0358. The number of methoxy groups -OCH3 is 1. The fourth-order valence-corrected chi connectivity index (χ4v) is 3.94. The van der Waals surface area contributed by atoms with Gasteiger partial charge in [-0.25, -0.2) is 10.4 Å². The van der Waals surface area contributed by atoms with Crippen LogP contribution in [0.4, 0.5) is 0 Å². The first-order valence-electron chi connectivity index (χ1n) is 10.1. The molecule has 166 valence electrons. The highest BCUT2D eigenvalue weighted by Gasteiger charge is 2.15. The molecule has 0 radical (unpaired) electrons. The molecule has 2 heterocycles. The summed E-state index contributed by atoms with van der Waals surface area (Å²) in [6, 6.07) is 17.9. The summed E-state index contributed by atoms with van der Waals surface area (Å²) in [6.07, 6.45) is 3.33. The van der Waals surface area contributed by atoms with E-state index >= 15 is 0 Å². The molecular formula is C24H21N5O3S. The highest BCUT2D eigenvalue weighted by atomic mass is 32.2. The zero-order valence-corrected chi connectivity index (χ0v) is 18.9. The maximum absolute atomic E-state index is 13.3. The zero-order chi connectivity index (χ0) is 23.2. The lowest BCUT2D eigenvalue weighted by atomic mass is 10.2. The van der Waals surface area contributed by atoms with E-state index in [-0.39, 0.29) is 17.2 Å². The van der Waals surface area contributed by atoms with Crippen LogP contribution < -0.4 is 15.7 Å². The van der Waals surface area contributed by atoms with Crippen LogP contribution >= 0.6 is 11.8 Å². The molecule has 0 unspecified atom stereocenters. The van der Waals surface area contributed by atoms with Crippen molar-refractivity contribution in [3.05, 3.63) is 89.0 Å². The van der Waals surface area contributed by atoms with Crippen LogP contribution in [-0.2, 0) is 4.79 Å². The second kappa shape index (κ2) is 10.1. The Labute approximate surface area is 194 Å². The van der Waals surface area contributed by atoms with Crippen molar-refractivity contribution in [3.63, 3.8) is 0 Å². The van der Waals surface area contributed by atoms with Gasteiger partial charge in [0, 0.05) is 18.0 Å². The van der Waals surface area contributed by atoms with E-state index in [4.69, 9.17) is 4.74 Å². The molecule has 0 saturated carbocycles. The van der Waals surface area contributed by atoms with Crippen LogP contribution in [0.2, 0.25) is 0 Å². The molecule has 2 aromatic carbocycles. The van der Waals surface area contributed by atoms with Crippen LogP contribution in [0.1, 0.15) is 12.5 Å². The Kier molecular flexibility index (Phi) is 6.80. The SMILES string of the molecule is COc1ccc(-n2c(SCC(=O)NN=C(C)c3ccncc3)nc3ccccc3c2=O)cc1. The molecule has 1 N–H and O–H groups in total. The molecule has 1 amide bonds. The number of pyridine rings is 1. The number of nitrogens with one attached hydrogen (secondary N) is 1. The van der Waals surface area contributed by atoms with Crippen molar-refractivity contribution >= 4 is 34.3 Å². The van der Waals surface area contributed by atoms with Crippen LogP contribution in [0.5, 0.6) is 5.75 Å². The monoisotopic (exact) mass is 459 g/mol. The second-order valence-corrected chi connectivity index (χ2v) is 7.95. The number of para-hydroxylation sites is 1. The fourth-order valence-electron chi connectivity index (χ4n) is 3.13. The molecule has 0 aliphatic carbocycles. The minimum atomic E-state index is -0.308. The molecule has 8 nitrogen and oxygen atoms in total. The van der Waals surface area contributed by atoms with Crippen LogP contribution in [0.15, 0.2) is 88.1 Å². The predicted octanol–water partition coefficient (Wildman–Crippen LogP) is 3.42. The van der Waals surface area contributed by atoms with Gasteiger partial charge in [-0.15, -0.1) is 0 Å². The number of thioether (sulfide) groups is 1. The van der Waals surface area contributed by atoms with Gasteiger partial charge in [-0.3, -0.25) is 19.1 Å². The van der Waals surface area contributed by atoms with Gasteiger partial charge in [-0.2, -0.15) is 5.10 Å². The Hall–Kier alpha value is -3.98. The maximum atomic E-state index is 13.3. The first kappa shape index (κ1) is 22.2. The summed E-state index contributed by atoms with van der Waals surface area (Å²) in [6.45, 7) is 1.80. The third kappa shape index (κ3) is 5.09. The van der Waals surface area contributed by atoms with Gasteiger partial charge in [0.05, 0.1) is 35.2 Å². The summed E-state index contributed by atoms with van der Waals surface area (Å²) in [5.74, 6) is 0.405. The first-order chi connectivity index (χ1) is 16.1. The third-order valence-electron chi connectivity index (χ3n) is 4.85. The van der Waals surface area contributed by atoms with Crippen molar-refractivity contribution in [1.29, 1.82) is 0 Å². The Bertz CT molecular complexity index is 1370. The number of fused-ring (bicyclic) bond motifs is 1. The Morgan fingerprint density at radius 3 is 2.55 bits per heavy atom. The number of ether oxygens (including phenoxy) is 1. The van der Waals surface area contributed by atoms with Gasteiger partial charge in [0.1, 0.15) is 5.75 Å². The maximum Gasteiger partial charge on any atom is 0.266 e. The summed E-state index contributed by atoms with van der Waals surface area (Å²) >= 11 is 1.17. The van der Waals surface area contributed by atoms with Crippen molar-refractivity contribution in [2.24, 2.45) is 5.10 Å². The topological polar surface area (TPSA) is 98.5 Å². The van der Waals surface area contributed by atoms with Gasteiger partial charge >= 0.3 is 0 Å². The van der Waals surface area contributed by atoms with Crippen LogP contribution in [0.3, 0.4) is 0 Å². The van der Waals surface area contributed by atoms with E-state index < -0.39 is 0 Å². The Balaban J connectivity index is 1.60. The van der Waals surface area contributed by atoms with Crippen molar-refractivity contribution in [3.8, 4) is 11.4 Å². The molecule has 0 bridgehead atoms. The van der Waals surface area contributed by atoms with E-state index in [2.05, 4.69) is 20.5 Å². The van der Waals surface area contributed by atoms with Crippen molar-refractivity contribution in [2.75, 3.05) is 12.9 Å². The summed E-state index contributed by atoms with van der Waals surface area (Å²) in [5.41, 5.74) is 5.07. The van der Waals surface area contributed by atoms with E-state index in [1.54, 1.807) is 68.9 Å². The normalized spacial score (nSPS) is 11.4. The average molecular weight is 460 g/mol. The van der Waals surface area contributed by atoms with Crippen LogP contribution in [0, 0.1) is 0 Å². The third-order valence-corrected chi connectivity index (χ3v) is 5.79. The highest BCUT2D eigenvalue weighted by molar-refractivity contribution is 7.99. The van der Waals surface area contributed by atoms with Crippen molar-refractivity contribution < 1.29 is 9.53 Å². The van der Waals surface area contributed by atoms with Gasteiger partial charge in [0.25, 0.3) is 11.5 Å². The van der Waals surface area contributed by atoms with Gasteiger partial charge < -0.3 is 4.74 Å². The van der Waals surface area contributed by atoms with E-state index in [0.29, 0.717) is 33.2 Å². The molecule has 0 fully saturated rings. The minimum Gasteiger partial charge on any atom is -0.497 e. The molecule has 0 aliphatic heterocycles. The van der Waals surface area contributed by atoms with E-state index in [1.807, 2.05) is 18.2 Å².